The first-order chi connectivity index (χ1) is 18.7. The first-order valence-corrected chi connectivity index (χ1v) is 11.7. The topological polar surface area (TPSA) is 105 Å². The number of hydrogen-bond donors (Lipinski definition) is 1. The second kappa shape index (κ2) is 10.6. The number of fused-ring (bicyclic) bond motifs is 1. The molecule has 2 fully saturated rings. The number of anilines is 2. The van der Waals surface area contributed by atoms with Crippen LogP contribution in [0.3, 0.4) is 0 Å². The molecule has 0 saturated carbocycles. The van der Waals surface area contributed by atoms with E-state index in [9.17, 15) is 23.2 Å². The zero-order valence-corrected chi connectivity index (χ0v) is 20.0. The third kappa shape index (κ3) is 5.36. The van der Waals surface area contributed by atoms with Gasteiger partial charge < -0.3 is 19.4 Å². The van der Waals surface area contributed by atoms with Crippen molar-refractivity contribution in [3.63, 3.8) is 0 Å². The van der Waals surface area contributed by atoms with Crippen molar-refractivity contribution in [3.05, 3.63) is 71.8 Å². The van der Waals surface area contributed by atoms with Crippen molar-refractivity contribution in [2.75, 3.05) is 42.6 Å². The second-order valence-corrected chi connectivity index (χ2v) is 8.51. The number of hydroxylamine groups is 2. The summed E-state index contributed by atoms with van der Waals surface area (Å²) < 4.78 is 65.4. The number of ether oxygens (including phenoxy) is 1. The van der Waals surface area contributed by atoms with Crippen molar-refractivity contribution in [2.45, 2.75) is 6.43 Å². The number of carbonyl (C=O) groups excluding carboxylic acids is 3. The Morgan fingerprint density at radius 1 is 1.03 bits per heavy atom. The molecular formula is C25H20F4N4O6. The Kier molecular flexibility index (Phi) is 7.11. The number of nitrogens with one attached hydrogen (secondary N) is 1. The van der Waals surface area contributed by atoms with Crippen LogP contribution in [0.5, 0.6) is 0 Å². The molecule has 10 nitrogen and oxygen atoms in total. The van der Waals surface area contributed by atoms with Gasteiger partial charge in [0.05, 0.1) is 25.4 Å². The van der Waals surface area contributed by atoms with Gasteiger partial charge in [0.25, 0.3) is 5.91 Å². The summed E-state index contributed by atoms with van der Waals surface area (Å²) in [6, 6.07) is 10.5. The van der Waals surface area contributed by atoms with Crippen LogP contribution >= 0.6 is 0 Å². The van der Waals surface area contributed by atoms with Crippen molar-refractivity contribution in [2.24, 2.45) is 0 Å². The summed E-state index contributed by atoms with van der Waals surface area (Å²) in [5, 5.41) is 3.58. The van der Waals surface area contributed by atoms with Gasteiger partial charge in [0, 0.05) is 36.8 Å². The van der Waals surface area contributed by atoms with Crippen LogP contribution in [-0.2, 0) is 14.4 Å². The average molecular weight is 548 g/mol. The van der Waals surface area contributed by atoms with Gasteiger partial charge >= 0.3 is 18.4 Å². The molecule has 2 aromatic carbocycles. The number of furan rings is 1. The lowest BCUT2D eigenvalue weighted by Crippen LogP contribution is -2.34. The van der Waals surface area contributed by atoms with Crippen LogP contribution in [0.1, 0.15) is 10.6 Å². The van der Waals surface area contributed by atoms with Crippen molar-refractivity contribution in [3.8, 4) is 0 Å². The summed E-state index contributed by atoms with van der Waals surface area (Å²) in [6.07, 6.45) is -3.50. The fourth-order valence-electron chi connectivity index (χ4n) is 4.16. The van der Waals surface area contributed by atoms with E-state index in [2.05, 4.69) is 0 Å². The summed E-state index contributed by atoms with van der Waals surface area (Å²) in [5.41, 5.74) is -0.0352. The standard InChI is InChI=1S/C25H20F4N4O6/c26-17-10-15(32-13-16(38-25(32)36)12-30-23(34)22(28)29)11-18(27)21(17)31-5-6-33(37-8-7-31)24(35)20-9-14-3-1-2-4-19(14)39-20/h1-4,9-12,22H,5-8,13H2,(H,30,34)/b16-12-. The maximum absolute atomic E-state index is 15.1. The molecule has 3 aromatic rings. The monoisotopic (exact) mass is 548 g/mol. The Morgan fingerprint density at radius 2 is 1.77 bits per heavy atom. The Morgan fingerprint density at radius 3 is 2.49 bits per heavy atom. The number of para-hydroxylation sites is 1. The number of nitrogens with zero attached hydrogens (tertiary/aromatic N) is 3. The van der Waals surface area contributed by atoms with Gasteiger partial charge in [-0.2, -0.15) is 8.78 Å². The second-order valence-electron chi connectivity index (χ2n) is 8.51. The SMILES string of the molecule is O=C(N/C=C1/CN(c2cc(F)c(N3CCON(C(=O)c4cc5ccccc5o4)CC3)c(F)c2)C(=O)O1)C(F)F. The molecule has 1 aromatic heterocycles. The number of amides is 3. The molecule has 2 saturated heterocycles. The highest BCUT2D eigenvalue weighted by Gasteiger charge is 2.32. The van der Waals surface area contributed by atoms with Crippen LogP contribution in [0.15, 0.2) is 58.8 Å². The van der Waals surface area contributed by atoms with Crippen molar-refractivity contribution in [1.29, 1.82) is 0 Å². The van der Waals surface area contributed by atoms with Crippen LogP contribution in [0.25, 0.3) is 11.0 Å². The number of hydrogen-bond acceptors (Lipinski definition) is 7. The molecule has 3 heterocycles. The smallest absolute Gasteiger partial charge is 0.419 e. The van der Waals surface area contributed by atoms with E-state index < -0.39 is 36.0 Å². The molecule has 2 aliphatic rings. The normalized spacial score (nSPS) is 17.2. The van der Waals surface area contributed by atoms with Crippen LogP contribution in [-0.4, -0.2) is 62.2 Å². The maximum atomic E-state index is 15.1. The zero-order chi connectivity index (χ0) is 27.7. The summed E-state index contributed by atoms with van der Waals surface area (Å²) >= 11 is 0. The van der Waals surface area contributed by atoms with Gasteiger partial charge in [0.2, 0.25) is 0 Å². The molecule has 0 atom stereocenters. The summed E-state index contributed by atoms with van der Waals surface area (Å²) in [7, 11) is 0. The molecule has 0 radical (unpaired) electrons. The highest BCUT2D eigenvalue weighted by molar-refractivity contribution is 5.95. The summed E-state index contributed by atoms with van der Waals surface area (Å²) in [5.74, 6) is -4.25. The summed E-state index contributed by atoms with van der Waals surface area (Å²) in [4.78, 5) is 43.8. The molecule has 39 heavy (non-hydrogen) atoms. The lowest BCUT2D eigenvalue weighted by atomic mass is 10.2. The van der Waals surface area contributed by atoms with E-state index in [1.807, 2.05) is 0 Å². The Labute approximate surface area is 217 Å². The minimum Gasteiger partial charge on any atom is -0.451 e. The van der Waals surface area contributed by atoms with E-state index >= 15 is 8.78 Å². The fraction of sp³-hybridized carbons (Fsp3) is 0.240. The third-order valence-electron chi connectivity index (χ3n) is 6.00. The van der Waals surface area contributed by atoms with E-state index in [-0.39, 0.29) is 55.7 Å². The number of benzene rings is 2. The van der Waals surface area contributed by atoms with E-state index in [0.717, 1.165) is 33.7 Å². The van der Waals surface area contributed by atoms with Crippen molar-refractivity contribution >= 4 is 40.3 Å². The molecule has 0 spiro atoms. The molecule has 204 valence electrons. The largest absolute Gasteiger partial charge is 0.451 e. The van der Waals surface area contributed by atoms with E-state index in [0.29, 0.717) is 5.58 Å². The molecule has 0 bridgehead atoms. The number of carbonyl (C=O) groups is 3. The molecule has 1 N–H and O–H groups in total. The fourth-order valence-corrected chi connectivity index (χ4v) is 4.16. The van der Waals surface area contributed by atoms with Crippen molar-refractivity contribution < 1.29 is 45.9 Å². The van der Waals surface area contributed by atoms with Gasteiger partial charge in [0.15, 0.2) is 17.4 Å². The first-order valence-electron chi connectivity index (χ1n) is 11.7. The molecule has 0 unspecified atom stereocenters. The lowest BCUT2D eigenvalue weighted by molar-refractivity contribution is -0.130. The Hall–Kier alpha value is -4.59. The number of rotatable bonds is 5. The van der Waals surface area contributed by atoms with Gasteiger partial charge in [-0.1, -0.05) is 18.2 Å². The van der Waals surface area contributed by atoms with Crippen LogP contribution in [0.2, 0.25) is 0 Å². The number of cyclic esters (lactones) is 1. The quantitative estimate of drug-likeness (QED) is 0.484. The van der Waals surface area contributed by atoms with Gasteiger partial charge in [-0.05, 0) is 12.1 Å². The predicted octanol–water partition coefficient (Wildman–Crippen LogP) is 3.78. The van der Waals surface area contributed by atoms with E-state index in [1.165, 1.54) is 4.90 Å². The van der Waals surface area contributed by atoms with Crippen LogP contribution in [0.4, 0.5) is 33.7 Å². The predicted molar refractivity (Wildman–Crippen MR) is 128 cm³/mol. The third-order valence-corrected chi connectivity index (χ3v) is 6.00. The van der Waals surface area contributed by atoms with Crippen molar-refractivity contribution in [1.82, 2.24) is 10.4 Å². The van der Waals surface area contributed by atoms with Gasteiger partial charge in [-0.15, -0.1) is 0 Å². The highest BCUT2D eigenvalue weighted by Crippen LogP contribution is 2.32. The Balaban J connectivity index is 1.27. The highest BCUT2D eigenvalue weighted by atomic mass is 19.3. The minimum atomic E-state index is -3.27. The zero-order valence-electron chi connectivity index (χ0n) is 20.0. The van der Waals surface area contributed by atoms with Crippen LogP contribution < -0.4 is 15.1 Å². The molecule has 5 rings (SSSR count). The lowest BCUT2D eigenvalue weighted by Gasteiger charge is -2.24. The molecule has 14 heteroatoms. The molecule has 0 aliphatic carbocycles. The Bertz CT molecular complexity index is 1420. The van der Waals surface area contributed by atoms with Gasteiger partial charge in [0.1, 0.15) is 17.0 Å². The number of halogens is 4. The molecular weight excluding hydrogens is 528 g/mol. The molecule has 2 aliphatic heterocycles. The van der Waals surface area contributed by atoms with E-state index in [4.69, 9.17) is 14.0 Å². The van der Waals surface area contributed by atoms with Crippen LogP contribution in [0, 0.1) is 11.6 Å². The van der Waals surface area contributed by atoms with E-state index in [1.54, 1.807) is 35.6 Å². The van der Waals surface area contributed by atoms with Gasteiger partial charge in [-0.3, -0.25) is 19.3 Å². The summed E-state index contributed by atoms with van der Waals surface area (Å²) in [6.45, 7) is -0.338. The number of alkyl halides is 2. The van der Waals surface area contributed by atoms with Gasteiger partial charge in [-0.25, -0.2) is 18.6 Å². The minimum absolute atomic E-state index is 0.0204. The maximum Gasteiger partial charge on any atom is 0.419 e. The molecule has 3 amide bonds. The average Bonchev–Trinajstić information content (AvgIpc) is 3.42. The first kappa shape index (κ1) is 26.0.